The highest BCUT2D eigenvalue weighted by Crippen LogP contribution is 2.24. The zero-order chi connectivity index (χ0) is 11.3. The third-order valence-corrected chi connectivity index (χ3v) is 2.24. The second-order valence-electron chi connectivity index (χ2n) is 3.58. The van der Waals surface area contributed by atoms with Gasteiger partial charge in [-0.05, 0) is 32.2 Å². The van der Waals surface area contributed by atoms with Crippen LogP contribution >= 0.6 is 0 Å². The van der Waals surface area contributed by atoms with Crippen molar-refractivity contribution in [1.82, 2.24) is 5.32 Å². The van der Waals surface area contributed by atoms with Gasteiger partial charge in [-0.3, -0.25) is 4.99 Å². The van der Waals surface area contributed by atoms with E-state index in [1.807, 2.05) is 12.1 Å². The first-order valence-electron chi connectivity index (χ1n) is 5.19. The van der Waals surface area contributed by atoms with Gasteiger partial charge in [-0.25, -0.2) is 0 Å². The van der Waals surface area contributed by atoms with E-state index in [2.05, 4.69) is 43.5 Å². The Morgan fingerprint density at radius 3 is 2.80 bits per heavy atom. The monoisotopic (exact) mass is 202 g/mol. The molecule has 1 N–H and O–H groups in total. The van der Waals surface area contributed by atoms with Crippen LogP contribution in [0.2, 0.25) is 0 Å². The largest absolute Gasteiger partial charge is 0.385 e. The van der Waals surface area contributed by atoms with Crippen molar-refractivity contribution in [1.29, 1.82) is 0 Å². The van der Waals surface area contributed by atoms with Crippen molar-refractivity contribution in [3.8, 4) is 0 Å². The van der Waals surface area contributed by atoms with Crippen molar-refractivity contribution in [2.45, 2.75) is 20.3 Å². The third kappa shape index (κ3) is 2.94. The van der Waals surface area contributed by atoms with Crippen LogP contribution in [0.25, 0.3) is 5.70 Å². The van der Waals surface area contributed by atoms with E-state index in [4.69, 9.17) is 0 Å². The zero-order valence-corrected chi connectivity index (χ0v) is 9.51. The lowest BCUT2D eigenvalue weighted by molar-refractivity contribution is 0.825. The van der Waals surface area contributed by atoms with Crippen molar-refractivity contribution in [2.24, 2.45) is 4.99 Å². The number of nitrogens with zero attached hydrogens (tertiary/aromatic N) is 1. The normalized spacial score (nSPS) is 9.73. The lowest BCUT2D eigenvalue weighted by Crippen LogP contribution is -2.12. The molecule has 0 aromatic heterocycles. The second kappa shape index (κ2) is 5.35. The van der Waals surface area contributed by atoms with E-state index < -0.39 is 0 Å². The molecule has 80 valence electrons. The molecule has 0 saturated carbocycles. The van der Waals surface area contributed by atoms with Gasteiger partial charge in [0.2, 0.25) is 0 Å². The summed E-state index contributed by atoms with van der Waals surface area (Å²) in [6.45, 7) is 12.7. The molecule has 0 bridgehead atoms. The number of hydrogen-bond donors (Lipinski definition) is 1. The lowest BCUT2D eigenvalue weighted by atomic mass is 10.1. The molecule has 0 saturated heterocycles. The van der Waals surface area contributed by atoms with Crippen molar-refractivity contribution in [3.05, 3.63) is 35.9 Å². The van der Waals surface area contributed by atoms with Crippen molar-refractivity contribution < 1.29 is 0 Å². The zero-order valence-electron chi connectivity index (χ0n) is 9.51. The predicted octanol–water partition coefficient (Wildman–Crippen LogP) is 3.30. The topological polar surface area (TPSA) is 24.4 Å². The molecule has 0 radical (unpaired) electrons. The Hall–Kier alpha value is -1.57. The van der Waals surface area contributed by atoms with E-state index in [1.54, 1.807) is 0 Å². The van der Waals surface area contributed by atoms with Crippen LogP contribution in [0, 0.1) is 6.92 Å². The Kier molecular flexibility index (Phi) is 4.10. The van der Waals surface area contributed by atoms with Gasteiger partial charge in [-0.15, -0.1) is 0 Å². The van der Waals surface area contributed by atoms with Gasteiger partial charge in [0.05, 0.1) is 5.69 Å². The molecule has 2 heteroatoms. The van der Waals surface area contributed by atoms with E-state index in [-0.39, 0.29) is 0 Å². The fourth-order valence-electron chi connectivity index (χ4n) is 1.40. The molecular formula is C13H18N2. The molecule has 0 aliphatic heterocycles. The lowest BCUT2D eigenvalue weighted by Gasteiger charge is -2.11. The number of aryl methyl sites for hydroxylation is 1. The van der Waals surface area contributed by atoms with Gasteiger partial charge in [-0.2, -0.15) is 0 Å². The highest BCUT2D eigenvalue weighted by molar-refractivity contribution is 5.73. The fourth-order valence-corrected chi connectivity index (χ4v) is 1.40. The molecule has 1 aromatic rings. The smallest absolute Gasteiger partial charge is 0.0715 e. The molecule has 0 unspecified atom stereocenters. The van der Waals surface area contributed by atoms with Crippen LogP contribution in [-0.4, -0.2) is 13.3 Å². The first kappa shape index (κ1) is 11.5. The van der Waals surface area contributed by atoms with Crippen LogP contribution in [0.1, 0.15) is 24.5 Å². The molecule has 1 aromatic carbocycles. The SMILES string of the molecule is C=Nc1ccc(C)cc1C(=C)NCCC. The molecule has 15 heavy (non-hydrogen) atoms. The Bertz CT molecular complexity index is 367. The second-order valence-corrected chi connectivity index (χ2v) is 3.58. The number of rotatable bonds is 5. The molecular weight excluding hydrogens is 184 g/mol. The Morgan fingerprint density at radius 2 is 2.20 bits per heavy atom. The van der Waals surface area contributed by atoms with Crippen LogP contribution in [0.3, 0.4) is 0 Å². The van der Waals surface area contributed by atoms with E-state index in [0.717, 1.165) is 29.9 Å². The van der Waals surface area contributed by atoms with E-state index >= 15 is 0 Å². The summed E-state index contributed by atoms with van der Waals surface area (Å²) in [6.07, 6.45) is 1.09. The van der Waals surface area contributed by atoms with Gasteiger partial charge in [0.15, 0.2) is 0 Å². The summed E-state index contributed by atoms with van der Waals surface area (Å²) < 4.78 is 0. The number of nitrogens with one attached hydrogen (secondary N) is 1. The molecule has 0 amide bonds. The Labute approximate surface area is 91.7 Å². The number of benzene rings is 1. The summed E-state index contributed by atoms with van der Waals surface area (Å²) in [5.41, 5.74) is 4.05. The molecule has 2 nitrogen and oxygen atoms in total. The standard InChI is InChI=1S/C13H18N2/c1-5-8-15-11(3)12-9-10(2)6-7-13(12)14-4/h6-7,9,15H,3-5,8H2,1-2H3. The Balaban J connectivity index is 2.95. The van der Waals surface area contributed by atoms with E-state index in [0.29, 0.717) is 0 Å². The van der Waals surface area contributed by atoms with Gasteiger partial charge in [0, 0.05) is 17.8 Å². The molecule has 0 spiro atoms. The quantitative estimate of drug-likeness (QED) is 0.728. The maximum Gasteiger partial charge on any atom is 0.0715 e. The first-order chi connectivity index (χ1) is 7.19. The Morgan fingerprint density at radius 1 is 1.47 bits per heavy atom. The fraction of sp³-hybridized carbons (Fsp3) is 0.308. The summed E-state index contributed by atoms with van der Waals surface area (Å²) in [5.74, 6) is 0. The van der Waals surface area contributed by atoms with Crippen LogP contribution in [0.5, 0.6) is 0 Å². The van der Waals surface area contributed by atoms with Crippen molar-refractivity contribution in [2.75, 3.05) is 6.54 Å². The maximum atomic E-state index is 4.01. The van der Waals surface area contributed by atoms with Gasteiger partial charge < -0.3 is 5.32 Å². The van der Waals surface area contributed by atoms with E-state index in [9.17, 15) is 0 Å². The minimum atomic E-state index is 0.884. The average molecular weight is 202 g/mol. The molecule has 0 fully saturated rings. The summed E-state index contributed by atoms with van der Waals surface area (Å²) in [6, 6.07) is 6.08. The summed E-state index contributed by atoms with van der Waals surface area (Å²) >= 11 is 0. The maximum absolute atomic E-state index is 4.01. The molecule has 1 rings (SSSR count). The van der Waals surface area contributed by atoms with Crippen molar-refractivity contribution >= 4 is 18.1 Å². The van der Waals surface area contributed by atoms with E-state index in [1.165, 1.54) is 5.56 Å². The molecule has 0 heterocycles. The van der Waals surface area contributed by atoms with Crippen molar-refractivity contribution in [3.63, 3.8) is 0 Å². The number of aliphatic imine (C=N–C) groups is 1. The summed E-state index contributed by atoms with van der Waals surface area (Å²) in [4.78, 5) is 3.99. The molecule has 0 aliphatic carbocycles. The minimum Gasteiger partial charge on any atom is -0.385 e. The number of hydrogen-bond acceptors (Lipinski definition) is 2. The summed E-state index contributed by atoms with van der Waals surface area (Å²) in [7, 11) is 0. The van der Waals surface area contributed by atoms with Gasteiger partial charge in [-0.1, -0.05) is 25.1 Å². The minimum absolute atomic E-state index is 0.884. The molecule has 0 atom stereocenters. The highest BCUT2D eigenvalue weighted by Gasteiger charge is 2.04. The predicted molar refractivity (Wildman–Crippen MR) is 67.7 cm³/mol. The first-order valence-corrected chi connectivity index (χ1v) is 5.19. The van der Waals surface area contributed by atoms with Crippen LogP contribution in [0.4, 0.5) is 5.69 Å². The van der Waals surface area contributed by atoms with Gasteiger partial charge in [0.1, 0.15) is 0 Å². The van der Waals surface area contributed by atoms with Crippen LogP contribution < -0.4 is 5.32 Å². The van der Waals surface area contributed by atoms with Gasteiger partial charge >= 0.3 is 0 Å². The summed E-state index contributed by atoms with van der Waals surface area (Å²) in [5, 5.41) is 3.27. The third-order valence-electron chi connectivity index (χ3n) is 2.24. The molecule has 0 aliphatic rings. The highest BCUT2D eigenvalue weighted by atomic mass is 14.9. The van der Waals surface area contributed by atoms with Crippen LogP contribution in [0.15, 0.2) is 29.8 Å². The average Bonchev–Trinajstić information content (AvgIpc) is 2.25. The van der Waals surface area contributed by atoms with Crippen LogP contribution in [-0.2, 0) is 0 Å². The van der Waals surface area contributed by atoms with Gasteiger partial charge in [0.25, 0.3) is 0 Å².